The van der Waals surface area contributed by atoms with E-state index in [4.69, 9.17) is 9.15 Å². The summed E-state index contributed by atoms with van der Waals surface area (Å²) < 4.78 is 9.90. The zero-order chi connectivity index (χ0) is 14.5. The maximum atomic E-state index is 12.0. The lowest BCUT2D eigenvalue weighted by Crippen LogP contribution is -2.38. The molecule has 20 heavy (non-hydrogen) atoms. The predicted octanol–water partition coefficient (Wildman–Crippen LogP) is 1.41. The molecule has 1 aromatic heterocycles. The van der Waals surface area contributed by atoms with E-state index in [2.05, 4.69) is 0 Å². The maximum Gasteiger partial charge on any atom is 0.307 e. The highest BCUT2D eigenvalue weighted by Gasteiger charge is 2.34. The molecule has 0 saturated carbocycles. The van der Waals surface area contributed by atoms with E-state index >= 15 is 0 Å². The summed E-state index contributed by atoms with van der Waals surface area (Å²) in [6.07, 6.45) is 2.47. The molecule has 0 radical (unpaired) electrons. The van der Waals surface area contributed by atoms with E-state index in [1.165, 1.54) is 11.2 Å². The molecule has 1 atom stereocenters. The molecule has 1 unspecified atom stereocenters. The highest BCUT2D eigenvalue weighted by Crippen LogP contribution is 2.22. The first-order valence-electron chi connectivity index (χ1n) is 6.63. The standard InChI is InChI=1S/C14H17NO5/c1-2-19-14(18)8-10-5-6-13(17)15(10)9-11(16)12-4-3-7-20-12/h3-4,7,10H,2,5-6,8-9H2,1H3. The summed E-state index contributed by atoms with van der Waals surface area (Å²) in [6.45, 7) is 1.98. The number of furan rings is 1. The molecule has 1 aliphatic heterocycles. The van der Waals surface area contributed by atoms with Crippen LogP contribution >= 0.6 is 0 Å². The average Bonchev–Trinajstić information content (AvgIpc) is 3.03. The third kappa shape index (κ3) is 3.26. The Balaban J connectivity index is 1.98. The smallest absolute Gasteiger partial charge is 0.307 e. The van der Waals surface area contributed by atoms with Crippen molar-refractivity contribution in [3.63, 3.8) is 0 Å². The summed E-state index contributed by atoms with van der Waals surface area (Å²) >= 11 is 0. The number of ketones is 1. The number of carbonyl (C=O) groups excluding carboxylic acids is 3. The van der Waals surface area contributed by atoms with Crippen LogP contribution in [-0.2, 0) is 14.3 Å². The number of rotatable bonds is 6. The fourth-order valence-electron chi connectivity index (χ4n) is 2.30. The lowest BCUT2D eigenvalue weighted by molar-refractivity contribution is -0.144. The Bertz CT molecular complexity index is 494. The summed E-state index contributed by atoms with van der Waals surface area (Å²) in [6, 6.07) is 2.92. The van der Waals surface area contributed by atoms with Crippen molar-refractivity contribution >= 4 is 17.7 Å². The lowest BCUT2D eigenvalue weighted by Gasteiger charge is -2.22. The third-order valence-corrected chi connectivity index (χ3v) is 3.27. The second kappa shape index (κ2) is 6.36. The molecule has 108 valence electrons. The van der Waals surface area contributed by atoms with Gasteiger partial charge in [-0.25, -0.2) is 0 Å². The van der Waals surface area contributed by atoms with Crippen LogP contribution in [0.4, 0.5) is 0 Å². The van der Waals surface area contributed by atoms with E-state index in [0.29, 0.717) is 19.4 Å². The SMILES string of the molecule is CCOC(=O)CC1CCC(=O)N1CC(=O)c1ccco1. The first kappa shape index (κ1) is 14.3. The number of hydrogen-bond acceptors (Lipinski definition) is 5. The number of carbonyl (C=O) groups is 3. The van der Waals surface area contributed by atoms with Gasteiger partial charge in [-0.2, -0.15) is 0 Å². The Labute approximate surface area is 116 Å². The molecule has 1 aliphatic rings. The number of nitrogens with zero attached hydrogens (tertiary/aromatic N) is 1. The van der Waals surface area contributed by atoms with Crippen molar-refractivity contribution in [1.82, 2.24) is 4.90 Å². The van der Waals surface area contributed by atoms with E-state index in [0.717, 1.165) is 0 Å². The topological polar surface area (TPSA) is 76.8 Å². The van der Waals surface area contributed by atoms with Gasteiger partial charge in [0.2, 0.25) is 11.7 Å². The second-order valence-electron chi connectivity index (χ2n) is 4.62. The molecule has 0 N–H and O–H groups in total. The van der Waals surface area contributed by atoms with E-state index in [1.807, 2.05) is 0 Å². The number of Topliss-reactive ketones (excluding diaryl/α,β-unsaturated/α-hetero) is 1. The van der Waals surface area contributed by atoms with Crippen molar-refractivity contribution in [3.05, 3.63) is 24.2 Å². The van der Waals surface area contributed by atoms with Crippen LogP contribution < -0.4 is 0 Å². The number of amides is 1. The molecular formula is C14H17NO5. The highest BCUT2D eigenvalue weighted by molar-refractivity contribution is 5.97. The van der Waals surface area contributed by atoms with E-state index in [-0.39, 0.29) is 42.4 Å². The van der Waals surface area contributed by atoms with Gasteiger partial charge < -0.3 is 14.1 Å². The molecule has 2 rings (SSSR count). The molecule has 1 saturated heterocycles. The molecule has 0 spiro atoms. The zero-order valence-electron chi connectivity index (χ0n) is 11.3. The Kier molecular flexibility index (Phi) is 4.55. The van der Waals surface area contributed by atoms with Crippen molar-refractivity contribution in [1.29, 1.82) is 0 Å². The van der Waals surface area contributed by atoms with Gasteiger partial charge in [-0.3, -0.25) is 14.4 Å². The van der Waals surface area contributed by atoms with Gasteiger partial charge in [0.15, 0.2) is 5.76 Å². The van der Waals surface area contributed by atoms with Crippen molar-refractivity contribution in [2.45, 2.75) is 32.2 Å². The van der Waals surface area contributed by atoms with Crippen LogP contribution in [0.25, 0.3) is 0 Å². The number of hydrogen-bond donors (Lipinski definition) is 0. The minimum atomic E-state index is -0.345. The number of ether oxygens (including phenoxy) is 1. The van der Waals surface area contributed by atoms with Gasteiger partial charge in [0, 0.05) is 12.5 Å². The Hall–Kier alpha value is -2.11. The van der Waals surface area contributed by atoms with Gasteiger partial charge in [-0.1, -0.05) is 0 Å². The lowest BCUT2D eigenvalue weighted by atomic mass is 10.1. The minimum Gasteiger partial charge on any atom is -0.466 e. The molecule has 2 heterocycles. The normalized spacial score (nSPS) is 18.4. The third-order valence-electron chi connectivity index (χ3n) is 3.27. The fourth-order valence-corrected chi connectivity index (χ4v) is 2.30. The van der Waals surface area contributed by atoms with Crippen LogP contribution in [0, 0.1) is 0 Å². The number of esters is 1. The molecule has 1 amide bonds. The number of likely N-dealkylation sites (tertiary alicyclic amines) is 1. The second-order valence-corrected chi connectivity index (χ2v) is 4.62. The Morgan fingerprint density at radius 3 is 2.95 bits per heavy atom. The largest absolute Gasteiger partial charge is 0.466 e. The molecule has 1 fully saturated rings. The van der Waals surface area contributed by atoms with E-state index in [9.17, 15) is 14.4 Å². The van der Waals surface area contributed by atoms with Gasteiger partial charge in [-0.15, -0.1) is 0 Å². The zero-order valence-corrected chi connectivity index (χ0v) is 11.3. The first-order chi connectivity index (χ1) is 9.61. The van der Waals surface area contributed by atoms with Gasteiger partial charge in [0.1, 0.15) is 0 Å². The van der Waals surface area contributed by atoms with Crippen molar-refractivity contribution < 1.29 is 23.5 Å². The van der Waals surface area contributed by atoms with E-state index < -0.39 is 0 Å². The van der Waals surface area contributed by atoms with Crippen LogP contribution in [0.3, 0.4) is 0 Å². The van der Waals surface area contributed by atoms with Crippen LogP contribution in [0.5, 0.6) is 0 Å². The van der Waals surface area contributed by atoms with Gasteiger partial charge in [-0.05, 0) is 25.5 Å². The van der Waals surface area contributed by atoms with E-state index in [1.54, 1.807) is 19.1 Å². The predicted molar refractivity (Wildman–Crippen MR) is 69.0 cm³/mol. The fraction of sp³-hybridized carbons (Fsp3) is 0.500. The van der Waals surface area contributed by atoms with Crippen LogP contribution in [0.15, 0.2) is 22.8 Å². The average molecular weight is 279 g/mol. The molecule has 1 aromatic rings. The summed E-state index contributed by atoms with van der Waals surface area (Å²) in [4.78, 5) is 36.7. The molecular weight excluding hydrogens is 262 g/mol. The first-order valence-corrected chi connectivity index (χ1v) is 6.63. The summed E-state index contributed by atoms with van der Waals surface area (Å²) in [5.74, 6) is -0.499. The molecule has 6 nitrogen and oxygen atoms in total. The highest BCUT2D eigenvalue weighted by atomic mass is 16.5. The Morgan fingerprint density at radius 2 is 2.30 bits per heavy atom. The Morgan fingerprint density at radius 1 is 1.50 bits per heavy atom. The van der Waals surface area contributed by atoms with Crippen LogP contribution in [0.2, 0.25) is 0 Å². The molecule has 0 aliphatic carbocycles. The molecule has 0 aromatic carbocycles. The summed E-state index contributed by atoms with van der Waals surface area (Å²) in [7, 11) is 0. The quantitative estimate of drug-likeness (QED) is 0.581. The molecule has 0 bridgehead atoms. The van der Waals surface area contributed by atoms with Crippen LogP contribution in [-0.4, -0.2) is 41.8 Å². The van der Waals surface area contributed by atoms with Crippen molar-refractivity contribution in [2.75, 3.05) is 13.2 Å². The maximum absolute atomic E-state index is 12.0. The van der Waals surface area contributed by atoms with Crippen molar-refractivity contribution in [3.8, 4) is 0 Å². The molecule has 6 heteroatoms. The van der Waals surface area contributed by atoms with Crippen molar-refractivity contribution in [2.24, 2.45) is 0 Å². The summed E-state index contributed by atoms with van der Waals surface area (Å²) in [5, 5.41) is 0. The minimum absolute atomic E-state index is 0.0591. The van der Waals surface area contributed by atoms with Gasteiger partial charge in [0.05, 0.1) is 25.8 Å². The van der Waals surface area contributed by atoms with Gasteiger partial charge >= 0.3 is 5.97 Å². The monoisotopic (exact) mass is 279 g/mol. The van der Waals surface area contributed by atoms with Gasteiger partial charge in [0.25, 0.3) is 0 Å². The summed E-state index contributed by atoms with van der Waals surface area (Å²) in [5.41, 5.74) is 0. The van der Waals surface area contributed by atoms with Crippen LogP contribution in [0.1, 0.15) is 36.7 Å².